The summed E-state index contributed by atoms with van der Waals surface area (Å²) >= 11 is 19.1. The molecule has 0 amide bonds. The van der Waals surface area contributed by atoms with Gasteiger partial charge in [-0.2, -0.15) is 0 Å². The van der Waals surface area contributed by atoms with E-state index in [1.54, 1.807) is 38.5 Å². The van der Waals surface area contributed by atoms with Gasteiger partial charge in [0.2, 0.25) is 0 Å². The average Bonchev–Trinajstić information content (AvgIpc) is 2.60. The Hall–Kier alpha value is -1.08. The molecule has 0 unspecified atom stereocenters. The number of halogens is 4. The second kappa shape index (κ2) is 8.85. The highest BCUT2D eigenvalue weighted by Gasteiger charge is 2.08. The molecule has 0 aliphatic heterocycles. The smallest absolute Gasteiger partial charge is 0.159 e. The van der Waals surface area contributed by atoms with E-state index in [4.69, 9.17) is 32.7 Å². The molecule has 0 N–H and O–H groups in total. The van der Waals surface area contributed by atoms with Crippen LogP contribution in [0.1, 0.15) is 11.1 Å². The number of nitrogens with zero attached hydrogens (tertiary/aromatic N) is 2. The van der Waals surface area contributed by atoms with E-state index in [0.717, 1.165) is 8.95 Å². The van der Waals surface area contributed by atoms with E-state index in [2.05, 4.69) is 42.1 Å². The molecule has 126 valence electrons. The van der Waals surface area contributed by atoms with E-state index in [-0.39, 0.29) is 10.3 Å². The van der Waals surface area contributed by atoms with Crippen LogP contribution in [0.3, 0.4) is 0 Å². The highest BCUT2D eigenvalue weighted by molar-refractivity contribution is 9.10. The van der Waals surface area contributed by atoms with E-state index in [0.29, 0.717) is 22.6 Å². The van der Waals surface area contributed by atoms with Gasteiger partial charge in [0.15, 0.2) is 10.3 Å². The van der Waals surface area contributed by atoms with Crippen LogP contribution in [0.4, 0.5) is 0 Å². The Morgan fingerprint density at radius 2 is 1.17 bits per heavy atom. The summed E-state index contributed by atoms with van der Waals surface area (Å²) in [5.74, 6) is 1.29. The SMILES string of the molecule is COc1cc(/C(Cl)=N/N=C(\Cl)c2ccc(Br)c(OC)c2)ccc1Br. The quantitative estimate of drug-likeness (QED) is 0.388. The van der Waals surface area contributed by atoms with E-state index in [1.807, 2.05) is 12.1 Å². The maximum Gasteiger partial charge on any atom is 0.159 e. The molecule has 0 heterocycles. The van der Waals surface area contributed by atoms with Crippen molar-refractivity contribution in [3.05, 3.63) is 56.5 Å². The van der Waals surface area contributed by atoms with Crippen LogP contribution in [-0.2, 0) is 0 Å². The monoisotopic (exact) mass is 492 g/mol. The lowest BCUT2D eigenvalue weighted by Crippen LogP contribution is -1.96. The normalized spacial score (nSPS) is 12.2. The Labute approximate surface area is 166 Å². The zero-order chi connectivity index (χ0) is 17.7. The zero-order valence-corrected chi connectivity index (χ0v) is 17.4. The van der Waals surface area contributed by atoms with E-state index in [9.17, 15) is 0 Å². The van der Waals surface area contributed by atoms with Crippen molar-refractivity contribution in [1.82, 2.24) is 0 Å². The van der Waals surface area contributed by atoms with E-state index >= 15 is 0 Å². The molecule has 0 aliphatic carbocycles. The van der Waals surface area contributed by atoms with Gasteiger partial charge in [-0.1, -0.05) is 35.3 Å². The van der Waals surface area contributed by atoms with Gasteiger partial charge < -0.3 is 9.47 Å². The Balaban J connectivity index is 2.28. The van der Waals surface area contributed by atoms with Crippen LogP contribution >= 0.6 is 55.1 Å². The summed E-state index contributed by atoms with van der Waals surface area (Å²) in [6.07, 6.45) is 0. The molecule has 2 rings (SSSR count). The number of benzene rings is 2. The Kier molecular flexibility index (Phi) is 7.10. The van der Waals surface area contributed by atoms with Gasteiger partial charge in [0, 0.05) is 11.1 Å². The van der Waals surface area contributed by atoms with Crippen molar-refractivity contribution < 1.29 is 9.47 Å². The molecule has 8 heteroatoms. The molecule has 0 aliphatic rings. The van der Waals surface area contributed by atoms with E-state index < -0.39 is 0 Å². The standard InChI is InChI=1S/C16H12Br2Cl2N2O2/c1-23-13-7-9(3-5-11(13)17)15(19)21-22-16(20)10-4-6-12(18)14(8-10)24-2/h3-8H,1-2H3/b21-15-,22-16-. The van der Waals surface area contributed by atoms with Gasteiger partial charge >= 0.3 is 0 Å². The van der Waals surface area contributed by atoms with Gasteiger partial charge in [-0.05, 0) is 56.1 Å². The predicted octanol–water partition coefficient (Wildman–Crippen LogP) is 5.81. The number of hydrogen-bond donors (Lipinski definition) is 0. The number of rotatable bonds is 5. The first-order chi connectivity index (χ1) is 11.5. The molecule has 4 nitrogen and oxygen atoms in total. The van der Waals surface area contributed by atoms with Gasteiger partial charge in [-0.15, -0.1) is 10.2 Å². The Morgan fingerprint density at radius 1 is 0.792 bits per heavy atom. The van der Waals surface area contributed by atoms with Crippen LogP contribution in [0.2, 0.25) is 0 Å². The molecular weight excluding hydrogens is 483 g/mol. The summed E-state index contributed by atoms with van der Waals surface area (Å²) in [5, 5.41) is 8.33. The molecule has 0 spiro atoms. The zero-order valence-electron chi connectivity index (χ0n) is 12.7. The average molecular weight is 495 g/mol. The van der Waals surface area contributed by atoms with Crippen LogP contribution in [-0.4, -0.2) is 24.6 Å². The van der Waals surface area contributed by atoms with Crippen molar-refractivity contribution in [2.24, 2.45) is 10.2 Å². The molecule has 0 atom stereocenters. The highest BCUT2D eigenvalue weighted by Crippen LogP contribution is 2.27. The molecule has 2 aromatic carbocycles. The van der Waals surface area contributed by atoms with Crippen molar-refractivity contribution >= 4 is 65.4 Å². The van der Waals surface area contributed by atoms with Gasteiger partial charge in [0.05, 0.1) is 23.2 Å². The summed E-state index contributed by atoms with van der Waals surface area (Å²) < 4.78 is 12.1. The van der Waals surface area contributed by atoms with Crippen molar-refractivity contribution in [1.29, 1.82) is 0 Å². The van der Waals surface area contributed by atoms with Gasteiger partial charge in [-0.25, -0.2) is 0 Å². The first-order valence-corrected chi connectivity index (χ1v) is 8.95. The maximum atomic E-state index is 6.18. The van der Waals surface area contributed by atoms with Crippen molar-refractivity contribution in [2.75, 3.05) is 14.2 Å². The van der Waals surface area contributed by atoms with Crippen LogP contribution in [0.25, 0.3) is 0 Å². The van der Waals surface area contributed by atoms with Gasteiger partial charge in [-0.3, -0.25) is 0 Å². The molecule has 0 saturated heterocycles. The fourth-order valence-corrected chi connectivity index (χ4v) is 2.91. The second-order valence-corrected chi connectivity index (χ2v) is 6.90. The summed E-state index contributed by atoms with van der Waals surface area (Å²) in [6, 6.07) is 10.7. The minimum atomic E-state index is 0.197. The highest BCUT2D eigenvalue weighted by atomic mass is 79.9. The minimum absolute atomic E-state index is 0.197. The van der Waals surface area contributed by atoms with Crippen molar-refractivity contribution in [3.8, 4) is 11.5 Å². The summed E-state index contributed by atoms with van der Waals surface area (Å²) in [7, 11) is 3.15. The first kappa shape index (κ1) is 19.2. The lowest BCUT2D eigenvalue weighted by molar-refractivity contribution is 0.412. The fourth-order valence-electron chi connectivity index (χ4n) is 1.78. The van der Waals surface area contributed by atoms with Crippen LogP contribution < -0.4 is 9.47 Å². The lowest BCUT2D eigenvalue weighted by atomic mass is 10.2. The summed E-state index contributed by atoms with van der Waals surface area (Å²) in [6.45, 7) is 0. The lowest BCUT2D eigenvalue weighted by Gasteiger charge is -2.05. The predicted molar refractivity (Wildman–Crippen MR) is 106 cm³/mol. The minimum Gasteiger partial charge on any atom is -0.496 e. The molecular formula is C16H12Br2Cl2N2O2. The Morgan fingerprint density at radius 3 is 1.50 bits per heavy atom. The molecule has 0 fully saturated rings. The van der Waals surface area contributed by atoms with Crippen LogP contribution in [0, 0.1) is 0 Å². The number of hydrogen-bond acceptors (Lipinski definition) is 4. The molecule has 0 bridgehead atoms. The summed E-state index contributed by atoms with van der Waals surface area (Å²) in [5.41, 5.74) is 1.33. The third kappa shape index (κ3) is 4.72. The molecule has 0 aromatic heterocycles. The number of methoxy groups -OCH3 is 2. The largest absolute Gasteiger partial charge is 0.496 e. The van der Waals surface area contributed by atoms with Crippen LogP contribution in [0.15, 0.2) is 55.5 Å². The summed E-state index contributed by atoms with van der Waals surface area (Å²) in [4.78, 5) is 0. The van der Waals surface area contributed by atoms with E-state index in [1.165, 1.54) is 0 Å². The molecule has 0 saturated carbocycles. The maximum absolute atomic E-state index is 6.18. The number of ether oxygens (including phenoxy) is 2. The second-order valence-electron chi connectivity index (χ2n) is 4.48. The third-order valence-corrected chi connectivity index (χ3v) is 4.90. The third-order valence-electron chi connectivity index (χ3n) is 3.00. The van der Waals surface area contributed by atoms with Crippen molar-refractivity contribution in [3.63, 3.8) is 0 Å². The van der Waals surface area contributed by atoms with Gasteiger partial charge in [0.25, 0.3) is 0 Å². The van der Waals surface area contributed by atoms with Crippen molar-refractivity contribution in [2.45, 2.75) is 0 Å². The first-order valence-electron chi connectivity index (χ1n) is 6.60. The van der Waals surface area contributed by atoms with Gasteiger partial charge in [0.1, 0.15) is 11.5 Å². The van der Waals surface area contributed by atoms with Crippen LogP contribution in [0.5, 0.6) is 11.5 Å². The molecule has 2 aromatic rings. The molecule has 24 heavy (non-hydrogen) atoms. The topological polar surface area (TPSA) is 43.2 Å². The molecule has 0 radical (unpaired) electrons. The Bertz CT molecular complexity index is 743. The fraction of sp³-hybridized carbons (Fsp3) is 0.125.